The molecule has 0 spiro atoms. The fraction of sp³-hybridized carbons (Fsp3) is 0.298. The van der Waals surface area contributed by atoms with Gasteiger partial charge in [-0.2, -0.15) is 0 Å². The van der Waals surface area contributed by atoms with Crippen molar-refractivity contribution < 1.29 is 37.4 Å². The quantitative estimate of drug-likeness (QED) is 0.0722. The number of nitrogens with zero attached hydrogens (tertiary/aromatic N) is 2. The van der Waals surface area contributed by atoms with Gasteiger partial charge in [0.2, 0.25) is 0 Å². The summed E-state index contributed by atoms with van der Waals surface area (Å²) in [6.45, 7) is 3.86. The van der Waals surface area contributed by atoms with Crippen molar-refractivity contribution in [2.24, 2.45) is 0 Å². The second-order valence-corrected chi connectivity index (χ2v) is 17.8. The molecule has 2 aliphatic rings. The predicted octanol–water partition coefficient (Wildman–Crippen LogP) is 5.74. The van der Waals surface area contributed by atoms with Crippen LogP contribution in [0.3, 0.4) is 0 Å². The van der Waals surface area contributed by atoms with E-state index in [0.717, 1.165) is 16.7 Å². The molecular weight excluding hydrogens is 844 g/mol. The monoisotopic (exact) mass is 890 g/mol. The molecule has 4 aromatic carbocycles. The van der Waals surface area contributed by atoms with Gasteiger partial charge < -0.3 is 28.0 Å². The molecule has 64 heavy (non-hydrogen) atoms. The summed E-state index contributed by atoms with van der Waals surface area (Å²) < 4.78 is 55.0. The van der Waals surface area contributed by atoms with Gasteiger partial charge in [0.25, 0.3) is 11.1 Å². The maximum atomic E-state index is 14.5. The molecule has 2 fully saturated rings. The minimum Gasteiger partial charge on any atom is -0.456 e. The Kier molecular flexibility index (Phi) is 13.1. The molecule has 2 aromatic heterocycles. The van der Waals surface area contributed by atoms with Crippen molar-refractivity contribution in [2.75, 3.05) is 19.9 Å². The smallest absolute Gasteiger partial charge is 0.338 e. The van der Waals surface area contributed by atoms with E-state index in [-0.39, 0.29) is 36.1 Å². The highest BCUT2D eigenvalue weighted by molar-refractivity contribution is 7.53. The molecule has 0 saturated carbocycles. The Morgan fingerprint density at radius 3 is 1.55 bits per heavy atom. The minimum absolute atomic E-state index is 0.00338. The fourth-order valence-corrected chi connectivity index (χ4v) is 9.31. The van der Waals surface area contributed by atoms with Gasteiger partial charge in [0.1, 0.15) is 36.4 Å². The summed E-state index contributed by atoms with van der Waals surface area (Å²) in [4.78, 5) is 68.4. The zero-order valence-electron chi connectivity index (χ0n) is 35.2. The third kappa shape index (κ3) is 9.48. The lowest BCUT2D eigenvalue weighted by atomic mass is 9.80. The van der Waals surface area contributed by atoms with Crippen LogP contribution in [-0.4, -0.2) is 69.4 Å². The lowest BCUT2D eigenvalue weighted by molar-refractivity contribution is -0.0933. The number of aryl methyl sites for hydroxylation is 2. The first-order valence-corrected chi connectivity index (χ1v) is 22.7. The van der Waals surface area contributed by atoms with E-state index in [0.29, 0.717) is 0 Å². The van der Waals surface area contributed by atoms with Gasteiger partial charge in [-0.15, -0.1) is 0 Å². The SMILES string of the molecule is Cc1cn([C@H]2C[C@H](OC(=O)c3ccccc3)[C@@H](COP(C)(=O)O[C@H]3C[C@H](n4cc(C)c(=O)[nH]c4=O)O[C@@H]3COC(c3ccccc3)(c3ccccc3)c3ccccc3)O2)c(=O)[nH]c1=O. The van der Waals surface area contributed by atoms with Crippen molar-refractivity contribution in [3.05, 3.63) is 209 Å². The van der Waals surface area contributed by atoms with Crippen LogP contribution in [0.5, 0.6) is 0 Å². The molecule has 8 rings (SSSR count). The molecule has 2 saturated heterocycles. The Balaban J connectivity index is 1.08. The van der Waals surface area contributed by atoms with Crippen LogP contribution < -0.4 is 22.5 Å². The molecule has 2 N–H and O–H groups in total. The maximum Gasteiger partial charge on any atom is 0.338 e. The number of rotatable bonds is 15. The average Bonchev–Trinajstić information content (AvgIpc) is 3.89. The lowest BCUT2D eigenvalue weighted by Gasteiger charge is -2.37. The first-order chi connectivity index (χ1) is 30.8. The van der Waals surface area contributed by atoms with Gasteiger partial charge in [0.15, 0.2) is 0 Å². The van der Waals surface area contributed by atoms with Crippen LogP contribution in [0.1, 0.15) is 63.5 Å². The second-order valence-electron chi connectivity index (χ2n) is 15.8. The van der Waals surface area contributed by atoms with E-state index >= 15 is 0 Å². The molecule has 17 heteroatoms. The highest BCUT2D eigenvalue weighted by Gasteiger charge is 2.46. The van der Waals surface area contributed by atoms with Crippen LogP contribution in [0.4, 0.5) is 0 Å². The van der Waals surface area contributed by atoms with E-state index in [2.05, 4.69) is 9.97 Å². The van der Waals surface area contributed by atoms with E-state index in [1.54, 1.807) is 37.3 Å². The molecule has 1 unspecified atom stereocenters. The number of ether oxygens (including phenoxy) is 4. The molecular formula is C47H47N4O12P. The first kappa shape index (κ1) is 44.4. The molecule has 332 valence electrons. The van der Waals surface area contributed by atoms with Gasteiger partial charge in [-0.1, -0.05) is 109 Å². The second kappa shape index (κ2) is 18.8. The van der Waals surface area contributed by atoms with Gasteiger partial charge >= 0.3 is 24.9 Å². The van der Waals surface area contributed by atoms with E-state index < -0.39 is 85.1 Å². The average molecular weight is 891 g/mol. The van der Waals surface area contributed by atoms with Gasteiger partial charge in [-0.3, -0.25) is 33.3 Å². The molecule has 0 amide bonds. The van der Waals surface area contributed by atoms with Crippen molar-refractivity contribution in [2.45, 2.75) is 69.2 Å². The van der Waals surface area contributed by atoms with Crippen molar-refractivity contribution in [3.8, 4) is 0 Å². The summed E-state index contributed by atoms with van der Waals surface area (Å²) in [5.74, 6) is -0.650. The summed E-state index contributed by atoms with van der Waals surface area (Å²) in [6, 6.07) is 37.4. The van der Waals surface area contributed by atoms with Crippen LogP contribution in [0.15, 0.2) is 153 Å². The molecule has 0 radical (unpaired) electrons. The van der Waals surface area contributed by atoms with E-state index in [4.69, 9.17) is 28.0 Å². The van der Waals surface area contributed by atoms with Crippen LogP contribution >= 0.6 is 7.60 Å². The number of nitrogens with one attached hydrogen (secondary N) is 2. The molecule has 6 aromatic rings. The summed E-state index contributed by atoms with van der Waals surface area (Å²) in [5, 5.41) is 0. The number of benzene rings is 4. The van der Waals surface area contributed by atoms with Gasteiger partial charge in [-0.05, 0) is 42.7 Å². The molecule has 7 atom stereocenters. The zero-order chi connectivity index (χ0) is 45.0. The van der Waals surface area contributed by atoms with Crippen LogP contribution in [0, 0.1) is 13.8 Å². The van der Waals surface area contributed by atoms with Crippen LogP contribution in [0.2, 0.25) is 0 Å². The predicted molar refractivity (Wildman–Crippen MR) is 234 cm³/mol. The number of H-pyrrole nitrogens is 2. The Morgan fingerprint density at radius 1 is 0.656 bits per heavy atom. The number of carbonyl (C=O) groups is 1. The third-order valence-electron chi connectivity index (χ3n) is 11.3. The van der Waals surface area contributed by atoms with Crippen LogP contribution in [0.25, 0.3) is 0 Å². The summed E-state index contributed by atoms with van der Waals surface area (Å²) >= 11 is 0. The van der Waals surface area contributed by atoms with Crippen molar-refractivity contribution in [3.63, 3.8) is 0 Å². The van der Waals surface area contributed by atoms with E-state index in [9.17, 15) is 28.5 Å². The van der Waals surface area contributed by atoms with Gasteiger partial charge in [0, 0.05) is 43.0 Å². The largest absolute Gasteiger partial charge is 0.456 e. The maximum absolute atomic E-state index is 14.5. The Morgan fingerprint density at radius 2 is 1.08 bits per heavy atom. The number of hydrogen-bond acceptors (Lipinski definition) is 12. The van der Waals surface area contributed by atoms with Crippen molar-refractivity contribution in [1.82, 2.24) is 19.1 Å². The third-order valence-corrected chi connectivity index (χ3v) is 12.6. The fourth-order valence-electron chi connectivity index (χ4n) is 8.12. The number of hydrogen-bond donors (Lipinski definition) is 2. The summed E-state index contributed by atoms with van der Waals surface area (Å²) in [5.41, 5.74) is -0.389. The number of aromatic amines is 2. The van der Waals surface area contributed by atoms with Crippen LogP contribution in [-0.2, 0) is 38.2 Å². The molecule has 16 nitrogen and oxygen atoms in total. The number of carbonyl (C=O) groups excluding carboxylic acids is 1. The minimum atomic E-state index is -4.07. The van der Waals surface area contributed by atoms with Gasteiger partial charge in [-0.25, -0.2) is 14.4 Å². The van der Waals surface area contributed by atoms with Gasteiger partial charge in [0.05, 0.1) is 24.9 Å². The Labute approximate surface area is 366 Å². The highest BCUT2D eigenvalue weighted by atomic mass is 31.2. The molecule has 0 bridgehead atoms. The van der Waals surface area contributed by atoms with E-state index in [1.807, 2.05) is 91.0 Å². The number of esters is 1. The van der Waals surface area contributed by atoms with Crippen molar-refractivity contribution in [1.29, 1.82) is 0 Å². The zero-order valence-corrected chi connectivity index (χ0v) is 36.1. The topological polar surface area (TPSA) is 199 Å². The first-order valence-electron chi connectivity index (χ1n) is 20.7. The summed E-state index contributed by atoms with van der Waals surface area (Å²) in [7, 11) is -4.07. The Hall–Kier alpha value is -6.26. The molecule has 4 heterocycles. The van der Waals surface area contributed by atoms with Crippen molar-refractivity contribution >= 4 is 13.6 Å². The molecule has 2 aliphatic heterocycles. The highest BCUT2D eigenvalue weighted by Crippen LogP contribution is 2.50. The normalized spacial score (nSPS) is 21.9. The standard InChI is InChI=1S/C47H47N4O12P/c1-30-26-50(45(55)48-42(30)52)40-24-36(62-44(54)32-16-8-4-9-17-32)39(61-40)29-59-64(3,57)63-37-25-41(51-27-31(2)43(53)49-46(51)56)60-38(37)28-58-47(33-18-10-5-11-19-33,34-20-12-6-13-21-34)35-22-14-7-15-23-35/h4-23,26-27,36-41H,24-25,28-29H2,1-3H3,(H,48,52,55)(H,49,53,56)/t36-,37-,38+,39+,40+,41+,64?/m0/s1. The van der Waals surface area contributed by atoms with E-state index in [1.165, 1.54) is 35.1 Å². The lowest BCUT2D eigenvalue weighted by Crippen LogP contribution is -2.38. The molecule has 0 aliphatic carbocycles. The number of aromatic nitrogens is 4. The Bertz CT molecular complexity index is 2770. The summed E-state index contributed by atoms with van der Waals surface area (Å²) in [6.07, 6.45) is -3.14.